The number of halogens is 1. The Morgan fingerprint density at radius 2 is 1.65 bits per heavy atom. The molecule has 0 fully saturated rings. The number of rotatable bonds is 8. The van der Waals surface area contributed by atoms with E-state index in [4.69, 9.17) is 4.74 Å². The lowest BCUT2D eigenvalue weighted by atomic mass is 10.2. The van der Waals surface area contributed by atoms with Crippen molar-refractivity contribution in [2.24, 2.45) is 0 Å². The first-order valence-corrected chi connectivity index (χ1v) is 11.2. The zero-order valence-electron chi connectivity index (χ0n) is 17.1. The Balaban J connectivity index is 1.68. The molecule has 0 bridgehead atoms. The normalized spacial score (nSPS) is 12.1. The van der Waals surface area contributed by atoms with Crippen molar-refractivity contribution < 1.29 is 22.3 Å². The average molecular weight is 443 g/mol. The summed E-state index contributed by atoms with van der Waals surface area (Å²) in [5.74, 6) is -1.02. The summed E-state index contributed by atoms with van der Waals surface area (Å²) < 4.78 is 47.1. The molecule has 1 amide bonds. The monoisotopic (exact) mass is 442 g/mol. The minimum absolute atomic E-state index is 0.00628. The Hall–Kier alpha value is -3.39. The summed E-state index contributed by atoms with van der Waals surface area (Å²) in [7, 11) is -3.78. The van der Waals surface area contributed by atoms with Gasteiger partial charge in [-0.3, -0.25) is 9.52 Å². The minimum atomic E-state index is -3.78. The topological polar surface area (TPSA) is 84.5 Å². The Morgan fingerprint density at radius 3 is 2.29 bits per heavy atom. The summed E-state index contributed by atoms with van der Waals surface area (Å²) in [5, 5.41) is 2.67. The lowest BCUT2D eigenvalue weighted by molar-refractivity contribution is -0.122. The van der Waals surface area contributed by atoms with Crippen molar-refractivity contribution in [3.63, 3.8) is 0 Å². The van der Waals surface area contributed by atoms with E-state index < -0.39 is 27.9 Å². The highest BCUT2D eigenvalue weighted by Crippen LogP contribution is 2.22. The van der Waals surface area contributed by atoms with E-state index in [9.17, 15) is 17.6 Å². The molecule has 3 aromatic carbocycles. The Kier molecular flexibility index (Phi) is 6.91. The van der Waals surface area contributed by atoms with Gasteiger partial charge in [0.05, 0.1) is 10.6 Å². The Labute approximate surface area is 181 Å². The van der Waals surface area contributed by atoms with Gasteiger partial charge in [-0.1, -0.05) is 37.3 Å². The summed E-state index contributed by atoms with van der Waals surface area (Å²) in [6.45, 7) is 3.56. The second-order valence-electron chi connectivity index (χ2n) is 6.88. The van der Waals surface area contributed by atoms with Gasteiger partial charge in [-0.05, 0) is 61.4 Å². The largest absolute Gasteiger partial charge is 0.478 e. The maximum absolute atomic E-state index is 13.8. The second-order valence-corrected chi connectivity index (χ2v) is 8.56. The van der Waals surface area contributed by atoms with Crippen LogP contribution in [0, 0.1) is 12.7 Å². The van der Waals surface area contributed by atoms with Crippen molar-refractivity contribution in [2.75, 3.05) is 10.0 Å². The van der Waals surface area contributed by atoms with Crippen LogP contribution in [0.25, 0.3) is 0 Å². The van der Waals surface area contributed by atoms with Gasteiger partial charge in [0.25, 0.3) is 15.9 Å². The summed E-state index contributed by atoms with van der Waals surface area (Å²) in [6, 6.07) is 18.7. The van der Waals surface area contributed by atoms with Crippen LogP contribution < -0.4 is 14.8 Å². The molecule has 0 radical (unpaired) electrons. The molecule has 31 heavy (non-hydrogen) atoms. The molecular weight excluding hydrogens is 419 g/mol. The summed E-state index contributed by atoms with van der Waals surface area (Å²) in [4.78, 5) is 12.6. The smallest absolute Gasteiger partial charge is 0.265 e. The number of carbonyl (C=O) groups is 1. The maximum Gasteiger partial charge on any atom is 0.265 e. The Morgan fingerprint density at radius 1 is 1.00 bits per heavy atom. The van der Waals surface area contributed by atoms with Crippen LogP contribution in [0.2, 0.25) is 0 Å². The van der Waals surface area contributed by atoms with Crippen LogP contribution in [-0.2, 0) is 14.8 Å². The number of carbonyl (C=O) groups excluding carboxylic acids is 1. The van der Waals surface area contributed by atoms with Crippen molar-refractivity contribution in [1.29, 1.82) is 0 Å². The van der Waals surface area contributed by atoms with E-state index in [0.717, 1.165) is 5.56 Å². The van der Waals surface area contributed by atoms with Crippen LogP contribution in [0.5, 0.6) is 5.75 Å². The first kappa shape index (κ1) is 22.3. The van der Waals surface area contributed by atoms with E-state index >= 15 is 0 Å². The molecular formula is C23H23FN2O4S. The first-order valence-electron chi connectivity index (χ1n) is 9.70. The quantitative estimate of drug-likeness (QED) is 0.528. The van der Waals surface area contributed by atoms with Crippen molar-refractivity contribution in [3.8, 4) is 5.75 Å². The van der Waals surface area contributed by atoms with Crippen LogP contribution in [-0.4, -0.2) is 20.4 Å². The van der Waals surface area contributed by atoms with E-state index in [2.05, 4.69) is 10.0 Å². The fourth-order valence-corrected chi connectivity index (χ4v) is 3.98. The van der Waals surface area contributed by atoms with Gasteiger partial charge in [0.1, 0.15) is 0 Å². The number of aryl methyl sites for hydroxylation is 1. The van der Waals surface area contributed by atoms with Gasteiger partial charge in [0.2, 0.25) is 0 Å². The van der Waals surface area contributed by atoms with Crippen LogP contribution in [0.4, 0.5) is 15.8 Å². The van der Waals surface area contributed by atoms with Crippen LogP contribution in [0.3, 0.4) is 0 Å². The molecule has 0 aliphatic rings. The molecule has 0 spiro atoms. The van der Waals surface area contributed by atoms with E-state index in [0.29, 0.717) is 17.8 Å². The fraction of sp³-hybridized carbons (Fsp3) is 0.174. The summed E-state index contributed by atoms with van der Waals surface area (Å²) in [5.41, 5.74) is 1.70. The van der Waals surface area contributed by atoms with E-state index in [1.807, 2.05) is 19.1 Å². The van der Waals surface area contributed by atoms with Crippen LogP contribution in [0.1, 0.15) is 18.9 Å². The third-order valence-electron chi connectivity index (χ3n) is 4.59. The van der Waals surface area contributed by atoms with E-state index in [-0.39, 0.29) is 10.6 Å². The SMILES string of the molecule is CC[C@@H](Oc1ccccc1F)C(=O)Nc1ccc(S(=O)(=O)Nc2ccccc2C)cc1. The van der Waals surface area contributed by atoms with Gasteiger partial charge in [-0.2, -0.15) is 0 Å². The minimum Gasteiger partial charge on any atom is -0.478 e. The molecule has 0 aromatic heterocycles. The second kappa shape index (κ2) is 9.61. The molecule has 0 heterocycles. The standard InChI is InChI=1S/C23H23FN2O4S/c1-3-21(30-22-11-7-5-9-19(22)24)23(27)25-17-12-14-18(15-13-17)31(28,29)26-20-10-6-4-8-16(20)2/h4-15,21,26H,3H2,1-2H3,(H,25,27)/t21-/m1/s1. The Bertz CT molecular complexity index is 1160. The lowest BCUT2D eigenvalue weighted by Gasteiger charge is -2.18. The number of nitrogens with one attached hydrogen (secondary N) is 2. The highest BCUT2D eigenvalue weighted by molar-refractivity contribution is 7.92. The van der Waals surface area contributed by atoms with E-state index in [1.165, 1.54) is 42.5 Å². The van der Waals surface area contributed by atoms with Crippen molar-refractivity contribution >= 4 is 27.3 Å². The maximum atomic E-state index is 13.8. The van der Waals surface area contributed by atoms with Crippen molar-refractivity contribution in [3.05, 3.63) is 84.2 Å². The summed E-state index contributed by atoms with van der Waals surface area (Å²) >= 11 is 0. The lowest BCUT2D eigenvalue weighted by Crippen LogP contribution is -2.32. The number of hydrogen-bond acceptors (Lipinski definition) is 4. The van der Waals surface area contributed by atoms with Gasteiger partial charge in [0.15, 0.2) is 17.7 Å². The highest BCUT2D eigenvalue weighted by Gasteiger charge is 2.21. The molecule has 0 unspecified atom stereocenters. The van der Waals surface area contributed by atoms with Gasteiger partial charge in [0, 0.05) is 5.69 Å². The number of hydrogen-bond donors (Lipinski definition) is 2. The van der Waals surface area contributed by atoms with E-state index in [1.54, 1.807) is 25.1 Å². The molecule has 1 atom stereocenters. The molecule has 6 nitrogen and oxygen atoms in total. The molecule has 0 aliphatic heterocycles. The molecule has 0 saturated heterocycles. The first-order chi connectivity index (χ1) is 14.8. The number of para-hydroxylation sites is 2. The number of ether oxygens (including phenoxy) is 1. The molecule has 8 heteroatoms. The number of benzene rings is 3. The molecule has 3 rings (SSSR count). The number of sulfonamides is 1. The molecule has 2 N–H and O–H groups in total. The average Bonchev–Trinajstić information content (AvgIpc) is 2.75. The van der Waals surface area contributed by atoms with Crippen molar-refractivity contribution in [2.45, 2.75) is 31.3 Å². The predicted octanol–water partition coefficient (Wildman–Crippen LogP) is 4.73. The molecule has 0 saturated carbocycles. The van der Waals surface area contributed by atoms with Crippen LogP contribution in [0.15, 0.2) is 77.7 Å². The molecule has 0 aliphatic carbocycles. The predicted molar refractivity (Wildman–Crippen MR) is 118 cm³/mol. The van der Waals surface area contributed by atoms with Gasteiger partial charge >= 0.3 is 0 Å². The fourth-order valence-electron chi connectivity index (χ4n) is 2.85. The zero-order chi connectivity index (χ0) is 22.4. The molecule has 3 aromatic rings. The zero-order valence-corrected chi connectivity index (χ0v) is 17.9. The van der Waals surface area contributed by atoms with Crippen molar-refractivity contribution in [1.82, 2.24) is 0 Å². The number of anilines is 2. The molecule has 162 valence electrons. The van der Waals surface area contributed by atoms with Crippen LogP contribution >= 0.6 is 0 Å². The summed E-state index contributed by atoms with van der Waals surface area (Å²) in [6.07, 6.45) is -0.574. The highest BCUT2D eigenvalue weighted by atomic mass is 32.2. The van der Waals surface area contributed by atoms with Gasteiger partial charge < -0.3 is 10.1 Å². The number of amides is 1. The third-order valence-corrected chi connectivity index (χ3v) is 5.97. The third kappa shape index (κ3) is 5.61. The van der Waals surface area contributed by atoms with Gasteiger partial charge in [-0.25, -0.2) is 12.8 Å². The van der Waals surface area contributed by atoms with Gasteiger partial charge in [-0.15, -0.1) is 0 Å².